The number of carbonyl (C=O) groups is 4. The minimum absolute atomic E-state index is 0.107. The van der Waals surface area contributed by atoms with E-state index < -0.39 is 97.5 Å². The van der Waals surface area contributed by atoms with Crippen LogP contribution in [0.25, 0.3) is 0 Å². The highest BCUT2D eigenvalue weighted by Gasteiger charge is 2.30. The first kappa shape index (κ1) is 95.1. The molecule has 0 amide bonds. The van der Waals surface area contributed by atoms with Gasteiger partial charge in [0.15, 0.2) is 12.2 Å². The van der Waals surface area contributed by atoms with Crippen LogP contribution in [0.15, 0.2) is 0 Å². The largest absolute Gasteiger partial charge is 0.472 e. The maximum Gasteiger partial charge on any atom is 0.472 e. The van der Waals surface area contributed by atoms with E-state index in [1.54, 1.807) is 0 Å². The van der Waals surface area contributed by atoms with Crippen LogP contribution >= 0.6 is 15.6 Å². The molecule has 3 N–H and O–H groups in total. The molecule has 2 unspecified atom stereocenters. The summed E-state index contributed by atoms with van der Waals surface area (Å²) in [6.45, 7) is 7.31. The second-order valence-electron chi connectivity index (χ2n) is 28.6. The molecule has 0 rings (SSSR count). The number of aliphatic hydroxyl groups is 1. The standard InChI is InChI=1S/C78H152O17P2/c1-6-9-12-15-18-21-23-24-25-26-27-28-32-35-39-42-47-52-57-62-76(81)89-68-74(95-78(83)64-59-54-49-44-40-36-33-30-29-31-34-38-41-45-50-55-60-71(4)5)70-93-97(86,87)91-66-72(79)65-90-96(84,85)92-69-73(67-88-75(80)61-56-51-46-20-17-14-11-8-3)94-77(82)63-58-53-48-43-37-22-19-16-13-10-7-2/h71-74,79H,6-70H2,1-5H3,(H,84,85)(H,86,87)/t72-,73+,74+/m0/s1. The molecule has 0 saturated carbocycles. The van der Waals surface area contributed by atoms with Crippen molar-refractivity contribution < 1.29 is 80.2 Å². The topological polar surface area (TPSA) is 237 Å². The summed E-state index contributed by atoms with van der Waals surface area (Å²) in [7, 11) is -9.91. The lowest BCUT2D eigenvalue weighted by molar-refractivity contribution is -0.161. The van der Waals surface area contributed by atoms with Crippen molar-refractivity contribution in [3.63, 3.8) is 0 Å². The fourth-order valence-electron chi connectivity index (χ4n) is 12.1. The molecule has 0 heterocycles. The Morgan fingerprint density at radius 2 is 0.474 bits per heavy atom. The first-order valence-electron chi connectivity index (χ1n) is 40.6. The number of rotatable bonds is 78. The number of esters is 4. The third kappa shape index (κ3) is 72.2. The minimum atomic E-state index is -4.96. The van der Waals surface area contributed by atoms with Crippen LogP contribution in [0.2, 0.25) is 0 Å². The zero-order valence-corrected chi connectivity index (χ0v) is 65.0. The molecule has 17 nitrogen and oxygen atoms in total. The molecule has 97 heavy (non-hydrogen) atoms. The molecule has 0 fully saturated rings. The fourth-order valence-corrected chi connectivity index (χ4v) is 13.6. The van der Waals surface area contributed by atoms with E-state index in [9.17, 15) is 43.2 Å². The molecule has 0 saturated heterocycles. The number of phosphoric acid groups is 2. The molecule has 0 aromatic heterocycles. The molecule has 5 atom stereocenters. The van der Waals surface area contributed by atoms with E-state index in [-0.39, 0.29) is 25.7 Å². The van der Waals surface area contributed by atoms with Crippen molar-refractivity contribution in [1.82, 2.24) is 0 Å². The molecule has 0 aromatic carbocycles. The number of ether oxygens (including phenoxy) is 4. The summed E-state index contributed by atoms with van der Waals surface area (Å²) in [5.41, 5.74) is 0. The first-order valence-corrected chi connectivity index (χ1v) is 43.6. The number of phosphoric ester groups is 2. The Balaban J connectivity index is 5.18. The quantitative estimate of drug-likeness (QED) is 0.0222. The summed E-state index contributed by atoms with van der Waals surface area (Å²) in [4.78, 5) is 72.8. The molecule has 0 aliphatic carbocycles. The van der Waals surface area contributed by atoms with Crippen LogP contribution in [0.5, 0.6) is 0 Å². The summed E-state index contributed by atoms with van der Waals surface area (Å²) in [5.74, 6) is -1.30. The van der Waals surface area contributed by atoms with Crippen LogP contribution in [0.4, 0.5) is 0 Å². The van der Waals surface area contributed by atoms with Gasteiger partial charge in [-0.2, -0.15) is 0 Å². The molecule has 0 spiro atoms. The van der Waals surface area contributed by atoms with Gasteiger partial charge in [-0.1, -0.05) is 362 Å². The van der Waals surface area contributed by atoms with Gasteiger partial charge in [0.25, 0.3) is 0 Å². The average Bonchev–Trinajstić information content (AvgIpc) is 1.13. The van der Waals surface area contributed by atoms with Crippen LogP contribution in [0, 0.1) is 5.92 Å². The SMILES string of the molecule is CCCCCCCCCCCCCCCCCCCCCC(=O)OC[C@H](COP(=O)(O)OC[C@@H](O)COP(=O)(O)OC[C@@H](COC(=O)CCCCCCCCCC)OC(=O)CCCCCCCCCCCCC)OC(=O)CCCCCCCCCCCCCCCCCCC(C)C. The van der Waals surface area contributed by atoms with Crippen LogP contribution < -0.4 is 0 Å². The van der Waals surface area contributed by atoms with Gasteiger partial charge < -0.3 is 33.8 Å². The van der Waals surface area contributed by atoms with E-state index in [1.165, 1.54) is 231 Å². The Bertz CT molecular complexity index is 1860. The van der Waals surface area contributed by atoms with Crippen molar-refractivity contribution in [2.75, 3.05) is 39.6 Å². The monoisotopic (exact) mass is 1420 g/mol. The van der Waals surface area contributed by atoms with Crippen LogP contribution in [0.1, 0.15) is 413 Å². The normalized spacial score (nSPS) is 13.9. The van der Waals surface area contributed by atoms with E-state index in [0.29, 0.717) is 25.7 Å². The highest BCUT2D eigenvalue weighted by Crippen LogP contribution is 2.45. The number of aliphatic hydroxyl groups excluding tert-OH is 1. The summed E-state index contributed by atoms with van der Waals surface area (Å²) in [5, 5.41) is 10.6. The van der Waals surface area contributed by atoms with Gasteiger partial charge in [0, 0.05) is 25.7 Å². The zero-order valence-electron chi connectivity index (χ0n) is 63.2. The summed E-state index contributed by atoms with van der Waals surface area (Å²) in [6.07, 6.45) is 61.2. The highest BCUT2D eigenvalue weighted by molar-refractivity contribution is 7.47. The highest BCUT2D eigenvalue weighted by atomic mass is 31.2. The second kappa shape index (κ2) is 71.1. The lowest BCUT2D eigenvalue weighted by Crippen LogP contribution is -2.30. The van der Waals surface area contributed by atoms with E-state index in [0.717, 1.165) is 102 Å². The second-order valence-corrected chi connectivity index (χ2v) is 31.5. The Morgan fingerprint density at radius 3 is 0.701 bits per heavy atom. The third-order valence-electron chi connectivity index (χ3n) is 18.3. The number of carbonyl (C=O) groups excluding carboxylic acids is 4. The van der Waals surface area contributed by atoms with Crippen molar-refractivity contribution in [1.29, 1.82) is 0 Å². The number of unbranched alkanes of at least 4 members (excludes halogenated alkanes) is 50. The molecular weight excluding hydrogens is 1270 g/mol. The number of hydrogen-bond acceptors (Lipinski definition) is 15. The Labute approximate surface area is 594 Å². The zero-order chi connectivity index (χ0) is 71.2. The van der Waals surface area contributed by atoms with Crippen molar-refractivity contribution in [2.24, 2.45) is 5.92 Å². The molecule has 0 radical (unpaired) electrons. The van der Waals surface area contributed by atoms with Crippen molar-refractivity contribution in [3.05, 3.63) is 0 Å². The van der Waals surface area contributed by atoms with Crippen LogP contribution in [-0.2, 0) is 65.4 Å². The summed E-state index contributed by atoms with van der Waals surface area (Å²) < 4.78 is 68.5. The lowest BCUT2D eigenvalue weighted by Gasteiger charge is -2.21. The van der Waals surface area contributed by atoms with E-state index in [1.807, 2.05) is 0 Å². The fraction of sp³-hybridized carbons (Fsp3) is 0.949. The van der Waals surface area contributed by atoms with Gasteiger partial charge in [0.1, 0.15) is 19.3 Å². The molecule has 0 aliphatic heterocycles. The Morgan fingerprint density at radius 1 is 0.278 bits per heavy atom. The Kier molecular flexibility index (Phi) is 69.6. The van der Waals surface area contributed by atoms with Gasteiger partial charge in [-0.25, -0.2) is 9.13 Å². The Hall–Kier alpha value is -1.94. The predicted octanol–water partition coefficient (Wildman–Crippen LogP) is 23.3. The van der Waals surface area contributed by atoms with Crippen molar-refractivity contribution in [2.45, 2.75) is 432 Å². The summed E-state index contributed by atoms with van der Waals surface area (Å²) >= 11 is 0. The molecular formula is C78H152O17P2. The maximum atomic E-state index is 13.1. The van der Waals surface area contributed by atoms with Gasteiger partial charge in [-0.3, -0.25) is 37.3 Å². The van der Waals surface area contributed by atoms with E-state index in [4.69, 9.17) is 37.0 Å². The van der Waals surface area contributed by atoms with E-state index in [2.05, 4.69) is 34.6 Å². The predicted molar refractivity (Wildman–Crippen MR) is 395 cm³/mol. The van der Waals surface area contributed by atoms with Crippen LogP contribution in [0.3, 0.4) is 0 Å². The van der Waals surface area contributed by atoms with Gasteiger partial charge in [-0.15, -0.1) is 0 Å². The van der Waals surface area contributed by atoms with Gasteiger partial charge >= 0.3 is 39.5 Å². The van der Waals surface area contributed by atoms with E-state index >= 15 is 0 Å². The minimum Gasteiger partial charge on any atom is -0.462 e. The molecule has 0 aromatic rings. The average molecular weight is 1420 g/mol. The van der Waals surface area contributed by atoms with Crippen molar-refractivity contribution >= 4 is 39.5 Å². The summed E-state index contributed by atoms with van der Waals surface area (Å²) in [6, 6.07) is 0. The first-order chi connectivity index (χ1) is 47.0. The smallest absolute Gasteiger partial charge is 0.462 e. The van der Waals surface area contributed by atoms with Crippen LogP contribution in [-0.4, -0.2) is 96.7 Å². The number of hydrogen-bond donors (Lipinski definition) is 3. The van der Waals surface area contributed by atoms with Gasteiger partial charge in [-0.05, 0) is 31.6 Å². The molecule has 576 valence electrons. The van der Waals surface area contributed by atoms with Crippen molar-refractivity contribution in [3.8, 4) is 0 Å². The molecule has 19 heteroatoms. The molecule has 0 aliphatic rings. The lowest BCUT2D eigenvalue weighted by atomic mass is 10.0. The van der Waals surface area contributed by atoms with Gasteiger partial charge in [0.2, 0.25) is 0 Å². The van der Waals surface area contributed by atoms with Gasteiger partial charge in [0.05, 0.1) is 26.4 Å². The maximum absolute atomic E-state index is 13.1. The third-order valence-corrected chi connectivity index (χ3v) is 20.2. The molecule has 0 bridgehead atoms.